The highest BCUT2D eigenvalue weighted by atomic mass is 32.2. The van der Waals surface area contributed by atoms with Crippen LogP contribution in [0.1, 0.15) is 59.9 Å². The molecular formula is C24H28O6S. The highest BCUT2D eigenvalue weighted by Gasteiger charge is 2.40. The quantitative estimate of drug-likeness (QED) is 0.673. The fourth-order valence-electron chi connectivity index (χ4n) is 4.96. The number of hydrogen-bond donors (Lipinski definition) is 1. The van der Waals surface area contributed by atoms with Crippen LogP contribution in [-0.2, 0) is 44.2 Å². The average Bonchev–Trinajstić information content (AvgIpc) is 3.22. The van der Waals surface area contributed by atoms with Crippen LogP contribution in [0.5, 0.6) is 0 Å². The summed E-state index contributed by atoms with van der Waals surface area (Å²) in [6.07, 6.45) is 6.88. The van der Waals surface area contributed by atoms with Gasteiger partial charge in [0, 0.05) is 18.1 Å². The van der Waals surface area contributed by atoms with E-state index in [0.29, 0.717) is 17.4 Å². The first-order valence-electron chi connectivity index (χ1n) is 11.0. The number of carbonyl (C=O) groups excluding carboxylic acids is 1. The number of Topliss-reactive ketones (excluding diaryl/α,β-unsaturated/α-hetero) is 1. The number of fused-ring (bicyclic) bond motifs is 1. The number of aryl methyl sites for hydroxylation is 1. The third kappa shape index (κ3) is 3.88. The molecular weight excluding hydrogens is 416 g/mol. The molecule has 6 nitrogen and oxygen atoms in total. The Labute approximate surface area is 182 Å². The lowest BCUT2D eigenvalue weighted by Gasteiger charge is -2.35. The molecule has 2 heterocycles. The van der Waals surface area contributed by atoms with Crippen molar-refractivity contribution >= 4 is 15.6 Å². The maximum Gasteiger partial charge on any atom is 0.218 e. The van der Waals surface area contributed by atoms with Crippen LogP contribution >= 0.6 is 0 Å². The molecule has 7 heteroatoms. The van der Waals surface area contributed by atoms with Gasteiger partial charge in [-0.05, 0) is 66.2 Å². The molecule has 2 aliphatic carbocycles. The molecule has 1 N–H and O–H groups in total. The Bertz CT molecular complexity index is 1120. The average molecular weight is 445 g/mol. The Kier molecular flexibility index (Phi) is 5.11. The third-order valence-corrected chi connectivity index (χ3v) is 8.61. The first-order chi connectivity index (χ1) is 14.8. The van der Waals surface area contributed by atoms with Crippen molar-refractivity contribution in [2.24, 2.45) is 5.92 Å². The minimum absolute atomic E-state index is 0.103. The van der Waals surface area contributed by atoms with Gasteiger partial charge in [-0.15, -0.1) is 0 Å². The molecule has 0 amide bonds. The Morgan fingerprint density at radius 2 is 2.03 bits per heavy atom. The maximum atomic E-state index is 12.9. The van der Waals surface area contributed by atoms with Crippen molar-refractivity contribution in [3.63, 3.8) is 0 Å². The van der Waals surface area contributed by atoms with Crippen molar-refractivity contribution in [1.29, 1.82) is 0 Å². The SMILES string of the molecule is C[C@H](c1ccc2c(c1CC(=O)CS(=O)(=O)c1cc(C3(O)COC3)co1)CCC2)C1CC1. The number of rotatable bonds is 8. The summed E-state index contributed by atoms with van der Waals surface area (Å²) in [5.41, 5.74) is 3.97. The predicted octanol–water partition coefficient (Wildman–Crippen LogP) is 3.09. The second kappa shape index (κ2) is 7.57. The molecule has 31 heavy (non-hydrogen) atoms. The molecule has 2 aromatic rings. The van der Waals surface area contributed by atoms with Crippen LogP contribution in [0.2, 0.25) is 0 Å². The summed E-state index contributed by atoms with van der Waals surface area (Å²) in [5.74, 6) is 0.131. The Balaban J connectivity index is 1.36. The van der Waals surface area contributed by atoms with E-state index < -0.39 is 21.2 Å². The van der Waals surface area contributed by atoms with Gasteiger partial charge in [-0.25, -0.2) is 8.42 Å². The molecule has 1 saturated carbocycles. The summed E-state index contributed by atoms with van der Waals surface area (Å²) in [6, 6.07) is 5.66. The van der Waals surface area contributed by atoms with E-state index in [9.17, 15) is 18.3 Å². The third-order valence-electron chi connectivity index (χ3n) is 7.08. The van der Waals surface area contributed by atoms with Gasteiger partial charge in [0.2, 0.25) is 14.9 Å². The number of furan rings is 1. The van der Waals surface area contributed by atoms with Gasteiger partial charge < -0.3 is 14.3 Å². The summed E-state index contributed by atoms with van der Waals surface area (Å²) in [6.45, 7) is 2.43. The number of carbonyl (C=O) groups is 1. The molecule has 0 spiro atoms. The number of sulfone groups is 1. The molecule has 0 radical (unpaired) electrons. The smallest absolute Gasteiger partial charge is 0.218 e. The first kappa shape index (κ1) is 20.9. The van der Waals surface area contributed by atoms with Crippen molar-refractivity contribution in [3.8, 4) is 0 Å². The zero-order valence-corrected chi connectivity index (χ0v) is 18.5. The van der Waals surface area contributed by atoms with Crippen LogP contribution in [-0.4, -0.2) is 38.3 Å². The van der Waals surface area contributed by atoms with Gasteiger partial charge >= 0.3 is 0 Å². The standard InChI is InChI=1S/C24H28O6S/c1-15(16-5-6-16)20-8-7-17-3-2-4-21(17)22(20)10-19(25)12-31(27,28)23-9-18(11-30-23)24(26)13-29-14-24/h7-9,11,15-16,26H,2-6,10,12-14H2,1H3/t15-/m0/s1. The van der Waals surface area contributed by atoms with Crippen LogP contribution in [0.15, 0.2) is 34.0 Å². The minimum Gasteiger partial charge on any atom is -0.453 e. The molecule has 5 rings (SSSR count). The minimum atomic E-state index is -3.92. The van der Waals surface area contributed by atoms with Crippen molar-refractivity contribution in [2.45, 2.75) is 62.1 Å². The Morgan fingerprint density at radius 3 is 2.71 bits per heavy atom. The molecule has 1 atom stereocenters. The topological polar surface area (TPSA) is 93.8 Å². The molecule has 1 aromatic carbocycles. The highest BCUT2D eigenvalue weighted by Crippen LogP contribution is 2.44. The van der Waals surface area contributed by atoms with Gasteiger partial charge in [-0.2, -0.15) is 0 Å². The van der Waals surface area contributed by atoms with Crippen molar-refractivity contribution in [3.05, 3.63) is 52.3 Å². The zero-order chi connectivity index (χ0) is 21.8. The fraction of sp³-hybridized carbons (Fsp3) is 0.542. The van der Waals surface area contributed by atoms with E-state index in [1.165, 1.54) is 41.9 Å². The number of aliphatic hydroxyl groups is 1. The molecule has 0 unspecified atom stereocenters. The van der Waals surface area contributed by atoms with E-state index in [-0.39, 0.29) is 30.5 Å². The summed E-state index contributed by atoms with van der Waals surface area (Å²) in [5, 5.41) is 10.0. The normalized spacial score (nSPS) is 20.8. The lowest BCUT2D eigenvalue weighted by Crippen LogP contribution is -2.46. The predicted molar refractivity (Wildman–Crippen MR) is 114 cm³/mol. The fourth-order valence-corrected chi connectivity index (χ4v) is 6.13. The summed E-state index contributed by atoms with van der Waals surface area (Å²) in [4.78, 5) is 12.9. The monoisotopic (exact) mass is 444 g/mol. The van der Waals surface area contributed by atoms with Crippen LogP contribution in [0.3, 0.4) is 0 Å². The summed E-state index contributed by atoms with van der Waals surface area (Å²) < 4.78 is 35.9. The van der Waals surface area contributed by atoms with E-state index >= 15 is 0 Å². The van der Waals surface area contributed by atoms with E-state index in [2.05, 4.69) is 19.1 Å². The van der Waals surface area contributed by atoms with Gasteiger partial charge in [0.25, 0.3) is 0 Å². The van der Waals surface area contributed by atoms with Gasteiger partial charge in [0.15, 0.2) is 5.78 Å². The van der Waals surface area contributed by atoms with E-state index in [1.807, 2.05) is 0 Å². The Hall–Kier alpha value is -1.96. The molecule has 2 fully saturated rings. The van der Waals surface area contributed by atoms with Crippen LogP contribution in [0.25, 0.3) is 0 Å². The van der Waals surface area contributed by atoms with Gasteiger partial charge in [-0.3, -0.25) is 4.79 Å². The lowest BCUT2D eigenvalue weighted by atomic mass is 9.86. The molecule has 0 bridgehead atoms. The van der Waals surface area contributed by atoms with E-state index in [0.717, 1.165) is 24.8 Å². The first-order valence-corrected chi connectivity index (χ1v) is 12.7. The largest absolute Gasteiger partial charge is 0.453 e. The van der Waals surface area contributed by atoms with E-state index in [1.54, 1.807) is 0 Å². The number of benzene rings is 1. The van der Waals surface area contributed by atoms with Gasteiger partial charge in [0.05, 0.1) is 19.5 Å². The number of hydrogen-bond acceptors (Lipinski definition) is 6. The zero-order valence-electron chi connectivity index (χ0n) is 17.7. The molecule has 1 aromatic heterocycles. The molecule has 3 aliphatic rings. The van der Waals surface area contributed by atoms with Crippen LogP contribution < -0.4 is 0 Å². The number of ketones is 1. The molecule has 166 valence electrons. The van der Waals surface area contributed by atoms with Gasteiger partial charge in [0.1, 0.15) is 11.4 Å². The highest BCUT2D eigenvalue weighted by molar-refractivity contribution is 7.92. The number of ether oxygens (including phenoxy) is 1. The van der Waals surface area contributed by atoms with Gasteiger partial charge in [-0.1, -0.05) is 19.1 Å². The second-order valence-electron chi connectivity index (χ2n) is 9.40. The molecule has 1 aliphatic heterocycles. The summed E-state index contributed by atoms with van der Waals surface area (Å²) >= 11 is 0. The van der Waals surface area contributed by atoms with Crippen molar-refractivity contribution in [2.75, 3.05) is 19.0 Å². The van der Waals surface area contributed by atoms with E-state index in [4.69, 9.17) is 9.15 Å². The maximum absolute atomic E-state index is 12.9. The summed E-state index contributed by atoms with van der Waals surface area (Å²) in [7, 11) is -3.92. The second-order valence-corrected chi connectivity index (χ2v) is 11.3. The lowest BCUT2D eigenvalue weighted by molar-refractivity contribution is -0.184. The Morgan fingerprint density at radius 1 is 1.26 bits per heavy atom. The van der Waals surface area contributed by atoms with Crippen LogP contribution in [0.4, 0.5) is 0 Å². The molecule has 1 saturated heterocycles. The van der Waals surface area contributed by atoms with Crippen molar-refractivity contribution in [1.82, 2.24) is 0 Å². The van der Waals surface area contributed by atoms with Crippen LogP contribution in [0, 0.1) is 5.92 Å². The van der Waals surface area contributed by atoms with Crippen molar-refractivity contribution < 1.29 is 27.5 Å².